The van der Waals surface area contributed by atoms with Crippen LogP contribution in [0.5, 0.6) is 0 Å². The highest BCUT2D eigenvalue weighted by Gasteiger charge is 2.05. The lowest BCUT2D eigenvalue weighted by Crippen LogP contribution is -1.89. The van der Waals surface area contributed by atoms with Crippen LogP contribution >= 0.6 is 0 Å². The van der Waals surface area contributed by atoms with Crippen LogP contribution in [-0.4, -0.2) is 0 Å². The van der Waals surface area contributed by atoms with Crippen LogP contribution in [0.25, 0.3) is 10.8 Å². The van der Waals surface area contributed by atoms with Crippen molar-refractivity contribution < 1.29 is 4.39 Å². The van der Waals surface area contributed by atoms with Crippen molar-refractivity contribution in [1.29, 1.82) is 0 Å². The third-order valence-electron chi connectivity index (χ3n) is 2.56. The van der Waals surface area contributed by atoms with Gasteiger partial charge in [-0.2, -0.15) is 0 Å². The molecule has 2 rings (SSSR count). The predicted octanol–water partition coefficient (Wildman–Crippen LogP) is 3.52. The lowest BCUT2D eigenvalue weighted by atomic mass is 9.98. The summed E-state index contributed by atoms with van der Waals surface area (Å²) in [5, 5.41) is 1.88. The zero-order valence-corrected chi connectivity index (χ0v) is 8.55. The molecule has 0 radical (unpaired) electrons. The summed E-state index contributed by atoms with van der Waals surface area (Å²) in [6.45, 7) is 2.00. The third-order valence-corrected chi connectivity index (χ3v) is 2.56. The van der Waals surface area contributed by atoms with E-state index in [1.54, 1.807) is 6.07 Å². The predicted molar refractivity (Wildman–Crippen MR) is 61.2 cm³/mol. The Morgan fingerprint density at radius 2 is 2.13 bits per heavy atom. The first-order valence-corrected chi connectivity index (χ1v) is 4.94. The van der Waals surface area contributed by atoms with E-state index in [4.69, 9.17) is 6.42 Å². The molecule has 0 saturated heterocycles. The monoisotopic (exact) mass is 198 g/mol. The molecule has 0 aliphatic heterocycles. The molecule has 0 unspecified atom stereocenters. The van der Waals surface area contributed by atoms with Crippen molar-refractivity contribution in [3.63, 3.8) is 0 Å². The van der Waals surface area contributed by atoms with Crippen LogP contribution in [0.2, 0.25) is 0 Å². The maximum atomic E-state index is 13.3. The lowest BCUT2D eigenvalue weighted by molar-refractivity contribution is 0.628. The second-order valence-electron chi connectivity index (χ2n) is 3.47. The second kappa shape index (κ2) is 3.74. The Morgan fingerprint density at radius 1 is 1.33 bits per heavy atom. The van der Waals surface area contributed by atoms with E-state index in [9.17, 15) is 4.39 Å². The summed E-state index contributed by atoms with van der Waals surface area (Å²) in [6, 6.07) is 8.72. The van der Waals surface area contributed by atoms with Gasteiger partial charge in [0.05, 0.1) is 0 Å². The number of fused-ring (bicyclic) bond motifs is 1. The SMILES string of the molecule is C#Cc1cccc2cc(F)cc(CC)c12. The average molecular weight is 198 g/mol. The number of halogens is 1. The number of terminal acetylenes is 1. The molecule has 2 aromatic rings. The topological polar surface area (TPSA) is 0 Å². The van der Waals surface area contributed by atoms with Crippen LogP contribution in [0.15, 0.2) is 30.3 Å². The van der Waals surface area contributed by atoms with Gasteiger partial charge < -0.3 is 0 Å². The Balaban J connectivity index is 2.92. The normalized spacial score (nSPS) is 10.2. The number of benzene rings is 2. The van der Waals surface area contributed by atoms with Crippen LogP contribution in [0.1, 0.15) is 18.1 Å². The minimum absolute atomic E-state index is 0.200. The summed E-state index contributed by atoms with van der Waals surface area (Å²) in [6.07, 6.45) is 6.22. The largest absolute Gasteiger partial charge is 0.207 e. The van der Waals surface area contributed by atoms with Crippen LogP contribution in [0, 0.1) is 18.2 Å². The van der Waals surface area contributed by atoms with Crippen molar-refractivity contribution in [2.45, 2.75) is 13.3 Å². The van der Waals surface area contributed by atoms with Gasteiger partial charge in [0.15, 0.2) is 0 Å². The van der Waals surface area contributed by atoms with E-state index >= 15 is 0 Å². The molecule has 0 spiro atoms. The molecular weight excluding hydrogens is 187 g/mol. The molecule has 0 aromatic heterocycles. The smallest absolute Gasteiger partial charge is 0.124 e. The van der Waals surface area contributed by atoms with E-state index in [1.807, 2.05) is 25.1 Å². The first-order chi connectivity index (χ1) is 7.26. The molecule has 0 saturated carbocycles. The van der Waals surface area contributed by atoms with Crippen LogP contribution in [0.4, 0.5) is 4.39 Å². The fourth-order valence-corrected chi connectivity index (χ4v) is 1.88. The van der Waals surface area contributed by atoms with Crippen molar-refractivity contribution >= 4 is 10.8 Å². The van der Waals surface area contributed by atoms with Crippen molar-refractivity contribution in [3.05, 3.63) is 47.3 Å². The Labute approximate surface area is 88.7 Å². The Kier molecular flexibility index (Phi) is 2.43. The lowest BCUT2D eigenvalue weighted by Gasteiger charge is -2.07. The van der Waals surface area contributed by atoms with Crippen molar-refractivity contribution in [1.82, 2.24) is 0 Å². The van der Waals surface area contributed by atoms with E-state index in [2.05, 4.69) is 5.92 Å². The molecule has 0 aliphatic rings. The molecule has 74 valence electrons. The number of hydrogen-bond donors (Lipinski definition) is 0. The molecule has 15 heavy (non-hydrogen) atoms. The quantitative estimate of drug-likeness (QED) is 0.615. The summed E-state index contributed by atoms with van der Waals surface area (Å²) in [4.78, 5) is 0. The van der Waals surface area contributed by atoms with Crippen LogP contribution in [-0.2, 0) is 6.42 Å². The van der Waals surface area contributed by atoms with Gasteiger partial charge >= 0.3 is 0 Å². The van der Waals surface area contributed by atoms with E-state index in [1.165, 1.54) is 6.07 Å². The highest BCUT2D eigenvalue weighted by atomic mass is 19.1. The summed E-state index contributed by atoms with van der Waals surface area (Å²) >= 11 is 0. The van der Waals surface area contributed by atoms with E-state index < -0.39 is 0 Å². The second-order valence-corrected chi connectivity index (χ2v) is 3.47. The van der Waals surface area contributed by atoms with E-state index in [0.717, 1.165) is 28.3 Å². The summed E-state index contributed by atoms with van der Waals surface area (Å²) < 4.78 is 13.3. The van der Waals surface area contributed by atoms with Gasteiger partial charge in [-0.15, -0.1) is 6.42 Å². The zero-order chi connectivity index (χ0) is 10.8. The molecular formula is C14H11F. The van der Waals surface area contributed by atoms with Gasteiger partial charge in [0, 0.05) is 10.9 Å². The number of aryl methyl sites for hydroxylation is 1. The minimum atomic E-state index is -0.200. The Bertz CT molecular complexity index is 547. The molecule has 0 N–H and O–H groups in total. The summed E-state index contributed by atoms with van der Waals surface area (Å²) in [7, 11) is 0. The molecule has 0 heterocycles. The van der Waals surface area contributed by atoms with Crippen LogP contribution < -0.4 is 0 Å². The van der Waals surface area contributed by atoms with E-state index in [-0.39, 0.29) is 5.82 Å². The Hall–Kier alpha value is -1.81. The molecule has 0 bridgehead atoms. The van der Waals surface area contributed by atoms with Crippen LogP contribution in [0.3, 0.4) is 0 Å². The van der Waals surface area contributed by atoms with Gasteiger partial charge in [-0.1, -0.05) is 25.0 Å². The molecule has 0 fully saturated rings. The molecule has 0 aliphatic carbocycles. The summed E-state index contributed by atoms with van der Waals surface area (Å²) in [5.41, 5.74) is 1.81. The van der Waals surface area contributed by atoms with Crippen molar-refractivity contribution in [3.8, 4) is 12.3 Å². The highest BCUT2D eigenvalue weighted by molar-refractivity contribution is 5.91. The molecule has 2 aromatic carbocycles. The standard InChI is InChI=1S/C14H11F/c1-3-10-6-5-7-12-9-13(15)8-11(4-2)14(10)12/h1,5-9H,4H2,2H3. The minimum Gasteiger partial charge on any atom is -0.207 e. The van der Waals surface area contributed by atoms with Gasteiger partial charge in [0.25, 0.3) is 0 Å². The van der Waals surface area contributed by atoms with Gasteiger partial charge in [-0.25, -0.2) is 4.39 Å². The highest BCUT2D eigenvalue weighted by Crippen LogP contribution is 2.24. The van der Waals surface area contributed by atoms with Gasteiger partial charge in [-0.3, -0.25) is 0 Å². The molecule has 0 atom stereocenters. The maximum Gasteiger partial charge on any atom is 0.124 e. The van der Waals surface area contributed by atoms with Crippen molar-refractivity contribution in [2.75, 3.05) is 0 Å². The molecule has 0 amide bonds. The van der Waals surface area contributed by atoms with Gasteiger partial charge in [0.2, 0.25) is 0 Å². The average Bonchev–Trinajstić information content (AvgIpc) is 2.26. The van der Waals surface area contributed by atoms with Crippen molar-refractivity contribution in [2.24, 2.45) is 0 Å². The maximum absolute atomic E-state index is 13.3. The first kappa shape index (κ1) is 9.73. The van der Waals surface area contributed by atoms with Gasteiger partial charge in [-0.05, 0) is 35.6 Å². The number of hydrogen-bond acceptors (Lipinski definition) is 0. The Morgan fingerprint density at radius 3 is 2.80 bits per heavy atom. The number of rotatable bonds is 1. The summed E-state index contributed by atoms with van der Waals surface area (Å²) in [5.74, 6) is 2.44. The molecule has 1 heteroatoms. The fraction of sp³-hybridized carbons (Fsp3) is 0.143. The van der Waals surface area contributed by atoms with E-state index in [0.29, 0.717) is 0 Å². The first-order valence-electron chi connectivity index (χ1n) is 4.94. The zero-order valence-electron chi connectivity index (χ0n) is 8.55. The fourth-order valence-electron chi connectivity index (χ4n) is 1.88. The van der Waals surface area contributed by atoms with Gasteiger partial charge in [0.1, 0.15) is 5.82 Å². The molecule has 0 nitrogen and oxygen atoms in total. The third kappa shape index (κ3) is 1.59.